The van der Waals surface area contributed by atoms with Crippen LogP contribution in [0, 0.1) is 11.3 Å². The molecule has 0 saturated carbocycles. The zero-order chi connectivity index (χ0) is 13.1. The van der Waals surface area contributed by atoms with E-state index in [9.17, 15) is 4.79 Å². The summed E-state index contributed by atoms with van der Waals surface area (Å²) >= 11 is 0. The monoisotopic (exact) mass is 239 g/mol. The van der Waals surface area contributed by atoms with Gasteiger partial charge in [0.1, 0.15) is 5.78 Å². The van der Waals surface area contributed by atoms with Crippen LogP contribution in [0.25, 0.3) is 0 Å². The molecule has 100 valence electrons. The highest BCUT2D eigenvalue weighted by Gasteiger charge is 2.29. The largest absolute Gasteiger partial charge is 0.301 e. The van der Waals surface area contributed by atoms with E-state index in [-0.39, 0.29) is 5.41 Å². The molecule has 1 saturated heterocycles. The van der Waals surface area contributed by atoms with Gasteiger partial charge in [0, 0.05) is 11.5 Å². The van der Waals surface area contributed by atoms with Crippen molar-refractivity contribution < 1.29 is 4.79 Å². The average Bonchev–Trinajstić information content (AvgIpc) is 2.42. The predicted molar refractivity (Wildman–Crippen MR) is 73.1 cm³/mol. The molecule has 1 rings (SSSR count). The van der Waals surface area contributed by atoms with Crippen molar-refractivity contribution in [2.45, 2.75) is 66.3 Å². The van der Waals surface area contributed by atoms with Crippen LogP contribution < -0.4 is 0 Å². The summed E-state index contributed by atoms with van der Waals surface area (Å²) in [7, 11) is 0. The smallest absolute Gasteiger partial charge is 0.135 e. The van der Waals surface area contributed by atoms with Gasteiger partial charge in [-0.05, 0) is 65.5 Å². The van der Waals surface area contributed by atoms with Crippen molar-refractivity contribution in [3.05, 3.63) is 0 Å². The number of ketones is 1. The molecule has 2 nitrogen and oxygen atoms in total. The van der Waals surface area contributed by atoms with Crippen LogP contribution in [0.5, 0.6) is 0 Å². The lowest BCUT2D eigenvalue weighted by molar-refractivity contribution is -0.125. The molecule has 1 aliphatic heterocycles. The van der Waals surface area contributed by atoms with Crippen molar-refractivity contribution >= 4 is 5.78 Å². The number of hydrogen-bond acceptors (Lipinski definition) is 2. The Bertz CT molecular complexity index is 258. The zero-order valence-corrected chi connectivity index (χ0v) is 12.3. The molecule has 17 heavy (non-hydrogen) atoms. The number of rotatable bonds is 4. The Morgan fingerprint density at radius 1 is 1.29 bits per heavy atom. The second-order valence-corrected chi connectivity index (χ2v) is 6.57. The van der Waals surface area contributed by atoms with Crippen LogP contribution in [-0.2, 0) is 4.79 Å². The fourth-order valence-electron chi connectivity index (χ4n) is 2.77. The number of carbonyl (C=O) groups is 1. The number of Topliss-reactive ketones (excluding diaryl/α,β-unsaturated/α-hetero) is 1. The van der Waals surface area contributed by atoms with E-state index >= 15 is 0 Å². The molecule has 0 aromatic rings. The minimum Gasteiger partial charge on any atom is -0.301 e. The van der Waals surface area contributed by atoms with Crippen LogP contribution in [0.4, 0.5) is 0 Å². The molecule has 0 N–H and O–H groups in total. The zero-order valence-electron chi connectivity index (χ0n) is 12.3. The molecule has 0 aromatic heterocycles. The van der Waals surface area contributed by atoms with Gasteiger partial charge in [-0.15, -0.1) is 0 Å². The maximum Gasteiger partial charge on any atom is 0.135 e. The summed E-state index contributed by atoms with van der Waals surface area (Å²) in [5.74, 6) is 1.07. The van der Waals surface area contributed by atoms with Crippen LogP contribution >= 0.6 is 0 Å². The number of hydrogen-bond donors (Lipinski definition) is 0. The Morgan fingerprint density at radius 3 is 2.47 bits per heavy atom. The van der Waals surface area contributed by atoms with Gasteiger partial charge in [-0.25, -0.2) is 0 Å². The molecule has 1 atom stereocenters. The normalized spacial score (nSPS) is 23.8. The highest BCUT2D eigenvalue weighted by Crippen LogP contribution is 2.32. The predicted octanol–water partition coefficient (Wildman–Crippen LogP) is 3.50. The van der Waals surface area contributed by atoms with Crippen LogP contribution in [0.1, 0.15) is 60.3 Å². The Labute approximate surface area is 107 Å². The van der Waals surface area contributed by atoms with Gasteiger partial charge in [0.15, 0.2) is 0 Å². The summed E-state index contributed by atoms with van der Waals surface area (Å²) in [5, 5.41) is 0. The Kier molecular flexibility index (Phi) is 5.18. The molecule has 1 fully saturated rings. The molecule has 0 radical (unpaired) electrons. The maximum atomic E-state index is 11.6. The van der Waals surface area contributed by atoms with Gasteiger partial charge in [0.25, 0.3) is 0 Å². The van der Waals surface area contributed by atoms with E-state index in [0.717, 1.165) is 12.3 Å². The first-order valence-electron chi connectivity index (χ1n) is 7.08. The first-order chi connectivity index (χ1) is 7.83. The van der Waals surface area contributed by atoms with Crippen molar-refractivity contribution in [3.63, 3.8) is 0 Å². The van der Waals surface area contributed by atoms with E-state index in [2.05, 4.69) is 32.6 Å². The third-order valence-corrected chi connectivity index (χ3v) is 4.36. The molecular formula is C15H29NO. The second kappa shape index (κ2) is 5.99. The fourth-order valence-corrected chi connectivity index (χ4v) is 2.77. The lowest BCUT2D eigenvalue weighted by atomic mass is 9.77. The summed E-state index contributed by atoms with van der Waals surface area (Å²) in [6, 6.07) is 0.662. The summed E-state index contributed by atoms with van der Waals surface area (Å²) in [6.45, 7) is 12.9. The highest BCUT2D eigenvalue weighted by atomic mass is 16.1. The van der Waals surface area contributed by atoms with Gasteiger partial charge < -0.3 is 4.90 Å². The van der Waals surface area contributed by atoms with Crippen LogP contribution in [0.15, 0.2) is 0 Å². The molecule has 1 aliphatic rings. The molecule has 0 bridgehead atoms. The Morgan fingerprint density at radius 2 is 1.94 bits per heavy atom. The SMILES string of the molecule is CC(=O)C(C)(C)CC1CCCN(C(C)C)CC1. The number of carbonyl (C=O) groups excluding carboxylic acids is 1. The van der Waals surface area contributed by atoms with Crippen LogP contribution in [0.3, 0.4) is 0 Å². The van der Waals surface area contributed by atoms with Crippen LogP contribution in [-0.4, -0.2) is 29.8 Å². The van der Waals surface area contributed by atoms with Crippen LogP contribution in [0.2, 0.25) is 0 Å². The van der Waals surface area contributed by atoms with E-state index in [1.54, 1.807) is 6.92 Å². The topological polar surface area (TPSA) is 20.3 Å². The van der Waals surface area contributed by atoms with Gasteiger partial charge in [0.2, 0.25) is 0 Å². The molecule has 1 heterocycles. The number of nitrogens with zero attached hydrogens (tertiary/aromatic N) is 1. The van der Waals surface area contributed by atoms with Crippen molar-refractivity contribution in [1.82, 2.24) is 4.90 Å². The molecule has 0 amide bonds. The highest BCUT2D eigenvalue weighted by molar-refractivity contribution is 5.81. The third-order valence-electron chi connectivity index (χ3n) is 4.36. The van der Waals surface area contributed by atoms with Gasteiger partial charge in [-0.3, -0.25) is 4.79 Å². The van der Waals surface area contributed by atoms with E-state index < -0.39 is 0 Å². The minimum absolute atomic E-state index is 0.127. The molecule has 1 unspecified atom stereocenters. The second-order valence-electron chi connectivity index (χ2n) is 6.57. The first kappa shape index (κ1) is 14.7. The summed E-state index contributed by atoms with van der Waals surface area (Å²) in [6.07, 6.45) is 4.90. The Balaban J connectivity index is 2.49. The quantitative estimate of drug-likeness (QED) is 0.748. The van der Waals surface area contributed by atoms with E-state index in [1.165, 1.54) is 32.4 Å². The minimum atomic E-state index is -0.127. The van der Waals surface area contributed by atoms with Gasteiger partial charge in [-0.2, -0.15) is 0 Å². The van der Waals surface area contributed by atoms with Gasteiger partial charge in [0.05, 0.1) is 0 Å². The molecule has 0 spiro atoms. The van der Waals surface area contributed by atoms with E-state index in [0.29, 0.717) is 11.8 Å². The summed E-state index contributed by atoms with van der Waals surface area (Å²) in [5.41, 5.74) is -0.127. The standard InChI is InChI=1S/C15H29NO/c1-12(2)16-9-6-7-14(8-10-16)11-15(4,5)13(3)17/h12,14H,6-11H2,1-5H3. The summed E-state index contributed by atoms with van der Waals surface area (Å²) < 4.78 is 0. The fraction of sp³-hybridized carbons (Fsp3) is 0.933. The maximum absolute atomic E-state index is 11.6. The average molecular weight is 239 g/mol. The third kappa shape index (κ3) is 4.42. The lowest BCUT2D eigenvalue weighted by Gasteiger charge is -2.27. The van der Waals surface area contributed by atoms with E-state index in [4.69, 9.17) is 0 Å². The summed E-state index contributed by atoms with van der Waals surface area (Å²) in [4.78, 5) is 14.2. The Hall–Kier alpha value is -0.370. The molecule has 0 aliphatic carbocycles. The van der Waals surface area contributed by atoms with E-state index in [1.807, 2.05) is 0 Å². The first-order valence-corrected chi connectivity index (χ1v) is 7.08. The van der Waals surface area contributed by atoms with Crippen molar-refractivity contribution in [3.8, 4) is 0 Å². The van der Waals surface area contributed by atoms with Gasteiger partial charge >= 0.3 is 0 Å². The molecule has 0 aromatic carbocycles. The molecule has 2 heteroatoms. The molecular weight excluding hydrogens is 210 g/mol. The lowest BCUT2D eigenvalue weighted by Crippen LogP contribution is -2.32. The van der Waals surface area contributed by atoms with Crippen molar-refractivity contribution in [2.75, 3.05) is 13.1 Å². The van der Waals surface area contributed by atoms with Crippen molar-refractivity contribution in [2.24, 2.45) is 11.3 Å². The van der Waals surface area contributed by atoms with Gasteiger partial charge in [-0.1, -0.05) is 13.8 Å². The number of likely N-dealkylation sites (tertiary alicyclic amines) is 1. The van der Waals surface area contributed by atoms with Crippen molar-refractivity contribution in [1.29, 1.82) is 0 Å².